The van der Waals surface area contributed by atoms with Crippen molar-refractivity contribution in [1.82, 2.24) is 14.3 Å². The first-order valence-electron chi connectivity index (χ1n) is 8.89. The molecule has 8 nitrogen and oxygen atoms in total. The van der Waals surface area contributed by atoms with Gasteiger partial charge < -0.3 is 9.84 Å². The van der Waals surface area contributed by atoms with E-state index >= 15 is 0 Å². The summed E-state index contributed by atoms with van der Waals surface area (Å²) < 4.78 is 7.75. The summed E-state index contributed by atoms with van der Waals surface area (Å²) in [5.74, 6) is 0.378. The molecule has 0 spiro atoms. The highest BCUT2D eigenvalue weighted by Gasteiger charge is 2.18. The lowest BCUT2D eigenvalue weighted by molar-refractivity contribution is -0.116. The van der Waals surface area contributed by atoms with Crippen LogP contribution >= 0.6 is 11.3 Å². The summed E-state index contributed by atoms with van der Waals surface area (Å²) in [4.78, 5) is 38.7. The van der Waals surface area contributed by atoms with E-state index in [2.05, 4.69) is 10.5 Å². The number of nitrogens with zero attached hydrogens (tertiary/aromatic N) is 3. The summed E-state index contributed by atoms with van der Waals surface area (Å²) in [5.41, 5.74) is 1.95. The summed E-state index contributed by atoms with van der Waals surface area (Å²) >= 11 is 1.24. The van der Waals surface area contributed by atoms with E-state index in [4.69, 9.17) is 4.52 Å². The average Bonchev–Trinajstić information content (AvgIpc) is 3.31. The molecule has 1 amide bonds. The molecular formula is C20H18N4O4S. The van der Waals surface area contributed by atoms with Gasteiger partial charge in [-0.05, 0) is 55.5 Å². The van der Waals surface area contributed by atoms with E-state index in [9.17, 15) is 14.4 Å². The zero-order valence-electron chi connectivity index (χ0n) is 16.1. The molecule has 0 unspecified atom stereocenters. The zero-order valence-corrected chi connectivity index (χ0v) is 16.9. The summed E-state index contributed by atoms with van der Waals surface area (Å²) in [6.07, 6.45) is 0. The molecule has 0 saturated carbocycles. The van der Waals surface area contributed by atoms with Gasteiger partial charge in [0.2, 0.25) is 5.91 Å². The standard InChI is InChI=1S/C20H18N4O4S/c1-11-4-5-14(8-12(11)2)24-19(26)18-15(6-7-29-18)23(20(24)27)10-17(25)21-16-9-13(3)28-22-16/h4-9H,10H2,1-3H3,(H,21,22,25). The predicted molar refractivity (Wildman–Crippen MR) is 111 cm³/mol. The maximum absolute atomic E-state index is 13.2. The Kier molecular flexibility index (Phi) is 4.67. The molecule has 0 aliphatic carbocycles. The summed E-state index contributed by atoms with van der Waals surface area (Å²) in [6.45, 7) is 5.32. The minimum atomic E-state index is -0.573. The van der Waals surface area contributed by atoms with E-state index in [-0.39, 0.29) is 12.4 Å². The van der Waals surface area contributed by atoms with E-state index in [0.717, 1.165) is 15.7 Å². The highest BCUT2D eigenvalue weighted by atomic mass is 32.1. The van der Waals surface area contributed by atoms with Crippen LogP contribution in [-0.2, 0) is 11.3 Å². The maximum atomic E-state index is 13.2. The topological polar surface area (TPSA) is 99.1 Å². The van der Waals surface area contributed by atoms with Crippen LogP contribution < -0.4 is 16.6 Å². The minimum absolute atomic E-state index is 0.261. The number of nitrogens with one attached hydrogen (secondary N) is 1. The van der Waals surface area contributed by atoms with Crippen molar-refractivity contribution in [2.75, 3.05) is 5.32 Å². The molecule has 9 heteroatoms. The molecule has 4 rings (SSSR count). The first-order valence-corrected chi connectivity index (χ1v) is 9.77. The van der Waals surface area contributed by atoms with Crippen LogP contribution in [0.2, 0.25) is 0 Å². The van der Waals surface area contributed by atoms with Gasteiger partial charge in [0.25, 0.3) is 5.56 Å². The Morgan fingerprint density at radius 1 is 1.14 bits per heavy atom. The van der Waals surface area contributed by atoms with Crippen LogP contribution in [0, 0.1) is 20.8 Å². The Balaban J connectivity index is 1.82. The normalized spacial score (nSPS) is 11.1. The largest absolute Gasteiger partial charge is 0.360 e. The molecule has 29 heavy (non-hydrogen) atoms. The number of carbonyl (C=O) groups is 1. The smallest absolute Gasteiger partial charge is 0.336 e. The summed E-state index contributed by atoms with van der Waals surface area (Å²) in [6, 6.07) is 8.63. The van der Waals surface area contributed by atoms with Crippen LogP contribution in [0.1, 0.15) is 16.9 Å². The van der Waals surface area contributed by atoms with Crippen molar-refractivity contribution in [2.45, 2.75) is 27.3 Å². The van der Waals surface area contributed by atoms with E-state index in [0.29, 0.717) is 21.7 Å². The monoisotopic (exact) mass is 410 g/mol. The van der Waals surface area contributed by atoms with Gasteiger partial charge in [-0.1, -0.05) is 11.2 Å². The van der Waals surface area contributed by atoms with Crippen LogP contribution in [0.4, 0.5) is 5.82 Å². The lowest BCUT2D eigenvalue weighted by Gasteiger charge is -2.13. The van der Waals surface area contributed by atoms with Crippen molar-refractivity contribution >= 4 is 33.3 Å². The van der Waals surface area contributed by atoms with Gasteiger partial charge in [0.05, 0.1) is 11.2 Å². The number of thiophene rings is 1. The lowest BCUT2D eigenvalue weighted by Crippen LogP contribution is -2.40. The van der Waals surface area contributed by atoms with Crippen LogP contribution in [-0.4, -0.2) is 20.2 Å². The third-order valence-corrected chi connectivity index (χ3v) is 5.59. The molecule has 4 aromatic rings. The molecule has 0 fully saturated rings. The summed E-state index contributed by atoms with van der Waals surface area (Å²) in [5, 5.41) is 8.05. The molecule has 0 aliphatic rings. The number of carbonyl (C=O) groups excluding carboxylic acids is 1. The van der Waals surface area contributed by atoms with Crippen molar-refractivity contribution < 1.29 is 9.32 Å². The average molecular weight is 410 g/mol. The van der Waals surface area contributed by atoms with Crippen molar-refractivity contribution in [1.29, 1.82) is 0 Å². The Morgan fingerprint density at radius 2 is 1.93 bits per heavy atom. The van der Waals surface area contributed by atoms with Gasteiger partial charge in [-0.25, -0.2) is 9.36 Å². The van der Waals surface area contributed by atoms with E-state index in [1.165, 1.54) is 15.9 Å². The van der Waals surface area contributed by atoms with Crippen molar-refractivity contribution in [3.63, 3.8) is 0 Å². The molecule has 0 radical (unpaired) electrons. The van der Waals surface area contributed by atoms with Crippen LogP contribution in [0.5, 0.6) is 0 Å². The lowest BCUT2D eigenvalue weighted by atomic mass is 10.1. The first-order chi connectivity index (χ1) is 13.8. The van der Waals surface area contributed by atoms with E-state index < -0.39 is 17.2 Å². The predicted octanol–water partition coefficient (Wildman–Crippen LogP) is 2.77. The molecule has 0 aliphatic heterocycles. The minimum Gasteiger partial charge on any atom is -0.360 e. The van der Waals surface area contributed by atoms with Crippen molar-refractivity contribution in [3.05, 3.63) is 73.4 Å². The second kappa shape index (κ2) is 7.17. The molecule has 0 atom stereocenters. The number of benzene rings is 1. The van der Waals surface area contributed by atoms with Gasteiger partial charge in [0.1, 0.15) is 17.0 Å². The molecule has 3 heterocycles. The van der Waals surface area contributed by atoms with Gasteiger partial charge >= 0.3 is 5.69 Å². The van der Waals surface area contributed by atoms with Crippen LogP contribution in [0.15, 0.2) is 49.8 Å². The Bertz CT molecular complexity index is 1360. The van der Waals surface area contributed by atoms with Gasteiger partial charge in [0, 0.05) is 6.07 Å². The number of hydrogen-bond acceptors (Lipinski definition) is 6. The number of aryl methyl sites for hydroxylation is 3. The number of anilines is 1. The number of hydrogen-bond donors (Lipinski definition) is 1. The highest BCUT2D eigenvalue weighted by Crippen LogP contribution is 2.18. The number of rotatable bonds is 4. The van der Waals surface area contributed by atoms with Gasteiger partial charge in [-0.15, -0.1) is 11.3 Å². The number of aromatic nitrogens is 3. The first kappa shape index (κ1) is 18.9. The highest BCUT2D eigenvalue weighted by molar-refractivity contribution is 7.17. The fourth-order valence-electron chi connectivity index (χ4n) is 3.08. The third kappa shape index (κ3) is 3.40. The molecule has 3 aromatic heterocycles. The van der Waals surface area contributed by atoms with Crippen molar-refractivity contribution in [3.8, 4) is 5.69 Å². The molecular weight excluding hydrogens is 392 g/mol. The molecule has 148 valence electrons. The second-order valence-corrected chi connectivity index (χ2v) is 7.70. The Labute approximate surface area is 169 Å². The fraction of sp³-hybridized carbons (Fsp3) is 0.200. The molecule has 0 bridgehead atoms. The van der Waals surface area contributed by atoms with E-state index in [1.54, 1.807) is 36.6 Å². The van der Waals surface area contributed by atoms with E-state index in [1.807, 2.05) is 19.9 Å². The van der Waals surface area contributed by atoms with Crippen LogP contribution in [0.3, 0.4) is 0 Å². The number of amides is 1. The molecule has 1 aromatic carbocycles. The van der Waals surface area contributed by atoms with Crippen molar-refractivity contribution in [2.24, 2.45) is 0 Å². The fourth-order valence-corrected chi connectivity index (χ4v) is 3.91. The quantitative estimate of drug-likeness (QED) is 0.558. The SMILES string of the molecule is Cc1cc(NC(=O)Cn2c(=O)n(-c3ccc(C)c(C)c3)c(=O)c3sccc32)no1. The van der Waals surface area contributed by atoms with Gasteiger partial charge in [0.15, 0.2) is 5.82 Å². The van der Waals surface area contributed by atoms with Gasteiger partial charge in [-0.3, -0.25) is 14.2 Å². The second-order valence-electron chi connectivity index (χ2n) is 6.78. The number of fused-ring (bicyclic) bond motifs is 1. The summed E-state index contributed by atoms with van der Waals surface area (Å²) in [7, 11) is 0. The molecule has 1 N–H and O–H groups in total. The third-order valence-electron chi connectivity index (χ3n) is 4.70. The Morgan fingerprint density at radius 3 is 2.62 bits per heavy atom. The molecule has 0 saturated heterocycles. The van der Waals surface area contributed by atoms with Crippen LogP contribution in [0.25, 0.3) is 15.9 Å². The Hall–Kier alpha value is -3.46. The maximum Gasteiger partial charge on any atom is 0.336 e. The van der Waals surface area contributed by atoms with Gasteiger partial charge in [-0.2, -0.15) is 0 Å². The zero-order chi connectivity index (χ0) is 20.7.